The van der Waals surface area contributed by atoms with Crippen molar-refractivity contribution in [3.05, 3.63) is 16.5 Å². The topological polar surface area (TPSA) is 66.1 Å². The Labute approximate surface area is 68.5 Å². The Morgan fingerprint density at radius 2 is 2.45 bits per heavy atom. The number of carbonyl (C=O) groups excluding carboxylic acids is 1. The summed E-state index contributed by atoms with van der Waals surface area (Å²) < 4.78 is 0. The van der Waals surface area contributed by atoms with Crippen LogP contribution in [0.1, 0.15) is 22.2 Å². The number of nitrogens with two attached hydrogens (primary N) is 1. The highest BCUT2D eigenvalue weighted by Gasteiger charge is 2.04. The predicted octanol–water partition coefficient (Wildman–Crippen LogP) is 0.256. The fraction of sp³-hybridized carbons (Fsp3) is 0.286. The van der Waals surface area contributed by atoms with E-state index in [4.69, 9.17) is 5.73 Å². The molecule has 3 nitrogen and oxygen atoms in total. The zero-order valence-electron chi connectivity index (χ0n) is 6.09. The molecule has 4 heteroatoms. The fourth-order valence-corrected chi connectivity index (χ4v) is 1.65. The lowest BCUT2D eigenvalue weighted by Crippen LogP contribution is -2.22. The Bertz CT molecular complexity index is 280. The smallest absolute Gasteiger partial charge is 0.0951 e. The second-order valence-electron chi connectivity index (χ2n) is 2.13. The van der Waals surface area contributed by atoms with E-state index >= 15 is 0 Å². The van der Waals surface area contributed by atoms with Crippen LogP contribution in [0.25, 0.3) is 0 Å². The average Bonchev–Trinajstić information content (AvgIpc) is 2.30. The minimum absolute atomic E-state index is 0.117. The average molecular weight is 170 g/mol. The van der Waals surface area contributed by atoms with Crippen molar-refractivity contribution in [1.29, 1.82) is 0 Å². The van der Waals surface area contributed by atoms with Crippen LogP contribution in [-0.2, 0) is 6.42 Å². The number of rotatable bonds is 2. The SMILES string of the molecule is CCc1cc(C(=O)[O-])c(N)s1. The van der Waals surface area contributed by atoms with Crippen LogP contribution in [0, 0.1) is 0 Å². The number of aromatic carboxylic acids is 1. The summed E-state index contributed by atoms with van der Waals surface area (Å²) in [7, 11) is 0. The third kappa shape index (κ3) is 1.51. The molecule has 0 amide bonds. The van der Waals surface area contributed by atoms with Gasteiger partial charge in [-0.25, -0.2) is 0 Å². The van der Waals surface area contributed by atoms with Gasteiger partial charge in [0.25, 0.3) is 0 Å². The first-order valence-corrected chi connectivity index (χ1v) is 4.06. The van der Waals surface area contributed by atoms with Gasteiger partial charge in [-0.15, -0.1) is 11.3 Å². The summed E-state index contributed by atoms with van der Waals surface area (Å²) in [5.41, 5.74) is 5.53. The molecule has 11 heavy (non-hydrogen) atoms. The number of carboxylic acids is 1. The van der Waals surface area contributed by atoms with Gasteiger partial charge in [-0.1, -0.05) is 6.92 Å². The van der Waals surface area contributed by atoms with Gasteiger partial charge in [-0.3, -0.25) is 0 Å². The van der Waals surface area contributed by atoms with Crippen LogP contribution in [0.3, 0.4) is 0 Å². The number of nitrogen functional groups attached to an aromatic ring is 1. The summed E-state index contributed by atoms with van der Waals surface area (Å²) in [6.45, 7) is 1.95. The van der Waals surface area contributed by atoms with Crippen LogP contribution in [-0.4, -0.2) is 5.97 Å². The monoisotopic (exact) mass is 170 g/mol. The molecular formula is C7H8NO2S-. The van der Waals surface area contributed by atoms with Crippen LogP contribution < -0.4 is 10.8 Å². The van der Waals surface area contributed by atoms with Crippen LogP contribution in [0.2, 0.25) is 0 Å². The molecule has 0 aliphatic carbocycles. The van der Waals surface area contributed by atoms with Crippen LogP contribution >= 0.6 is 11.3 Å². The quantitative estimate of drug-likeness (QED) is 0.692. The number of hydrogen-bond donors (Lipinski definition) is 1. The van der Waals surface area contributed by atoms with Gasteiger partial charge in [0.05, 0.1) is 11.0 Å². The Balaban J connectivity index is 3.07. The maximum Gasteiger partial charge on any atom is 0.0951 e. The van der Waals surface area contributed by atoms with Crippen LogP contribution in [0.15, 0.2) is 6.07 Å². The summed E-state index contributed by atoms with van der Waals surface area (Å²) in [5.74, 6) is -1.20. The maximum atomic E-state index is 10.4. The highest BCUT2D eigenvalue weighted by atomic mass is 32.1. The second kappa shape index (κ2) is 2.92. The fourth-order valence-electron chi connectivity index (χ4n) is 0.792. The number of carboxylic acid groups (broad SMARTS) is 1. The molecule has 1 rings (SSSR count). The summed E-state index contributed by atoms with van der Waals surface area (Å²) in [5, 5.41) is 10.7. The molecule has 1 aromatic rings. The van der Waals surface area contributed by atoms with Crippen molar-refractivity contribution in [2.75, 3.05) is 5.73 Å². The van der Waals surface area contributed by atoms with Gasteiger partial charge in [0.1, 0.15) is 0 Å². The van der Waals surface area contributed by atoms with Crippen molar-refractivity contribution in [2.24, 2.45) is 0 Å². The van der Waals surface area contributed by atoms with E-state index in [1.54, 1.807) is 6.07 Å². The third-order valence-electron chi connectivity index (χ3n) is 1.38. The molecular weight excluding hydrogens is 162 g/mol. The molecule has 0 unspecified atom stereocenters. The van der Waals surface area contributed by atoms with E-state index in [1.165, 1.54) is 11.3 Å². The molecule has 0 spiro atoms. The van der Waals surface area contributed by atoms with E-state index in [-0.39, 0.29) is 5.56 Å². The van der Waals surface area contributed by atoms with Gasteiger partial charge in [-0.05, 0) is 12.5 Å². The number of hydrogen-bond acceptors (Lipinski definition) is 4. The molecule has 0 saturated carbocycles. The molecule has 60 valence electrons. The molecule has 1 heterocycles. The first-order valence-electron chi connectivity index (χ1n) is 3.24. The molecule has 0 radical (unpaired) electrons. The highest BCUT2D eigenvalue weighted by Crippen LogP contribution is 2.24. The third-order valence-corrected chi connectivity index (χ3v) is 2.49. The minimum atomic E-state index is -1.20. The van der Waals surface area contributed by atoms with E-state index in [9.17, 15) is 9.90 Å². The van der Waals surface area contributed by atoms with E-state index in [1.807, 2.05) is 6.92 Å². The summed E-state index contributed by atoms with van der Waals surface area (Å²) in [6.07, 6.45) is 0.808. The summed E-state index contributed by atoms with van der Waals surface area (Å²) in [4.78, 5) is 11.3. The highest BCUT2D eigenvalue weighted by molar-refractivity contribution is 7.16. The zero-order valence-corrected chi connectivity index (χ0v) is 6.90. The molecule has 2 N–H and O–H groups in total. The first-order chi connectivity index (χ1) is 5.15. The minimum Gasteiger partial charge on any atom is -0.545 e. The molecule has 1 aromatic heterocycles. The van der Waals surface area contributed by atoms with Crippen molar-refractivity contribution >= 4 is 22.3 Å². The van der Waals surface area contributed by atoms with Gasteiger partial charge >= 0.3 is 0 Å². The lowest BCUT2D eigenvalue weighted by Gasteiger charge is -1.96. The van der Waals surface area contributed by atoms with Gasteiger partial charge in [0.2, 0.25) is 0 Å². The lowest BCUT2D eigenvalue weighted by atomic mass is 10.3. The Kier molecular flexibility index (Phi) is 2.14. The van der Waals surface area contributed by atoms with Gasteiger partial charge in [0, 0.05) is 10.4 Å². The Morgan fingerprint density at radius 3 is 2.73 bits per heavy atom. The molecule has 0 bridgehead atoms. The summed E-state index contributed by atoms with van der Waals surface area (Å²) in [6, 6.07) is 1.56. The maximum absolute atomic E-state index is 10.4. The largest absolute Gasteiger partial charge is 0.545 e. The molecule has 0 aliphatic rings. The van der Waals surface area contributed by atoms with E-state index < -0.39 is 5.97 Å². The van der Waals surface area contributed by atoms with Crippen LogP contribution in [0.5, 0.6) is 0 Å². The van der Waals surface area contributed by atoms with E-state index in [0.29, 0.717) is 5.00 Å². The second-order valence-corrected chi connectivity index (χ2v) is 3.30. The number of thiophene rings is 1. The van der Waals surface area contributed by atoms with Crippen molar-refractivity contribution in [2.45, 2.75) is 13.3 Å². The van der Waals surface area contributed by atoms with Crippen molar-refractivity contribution in [3.63, 3.8) is 0 Å². The predicted molar refractivity (Wildman–Crippen MR) is 42.4 cm³/mol. The van der Waals surface area contributed by atoms with Crippen molar-refractivity contribution in [3.8, 4) is 0 Å². The zero-order chi connectivity index (χ0) is 8.43. The summed E-state index contributed by atoms with van der Waals surface area (Å²) >= 11 is 1.30. The van der Waals surface area contributed by atoms with Gasteiger partial charge in [0.15, 0.2) is 0 Å². The van der Waals surface area contributed by atoms with Crippen LogP contribution in [0.4, 0.5) is 5.00 Å². The van der Waals surface area contributed by atoms with Gasteiger partial charge in [-0.2, -0.15) is 0 Å². The lowest BCUT2D eigenvalue weighted by molar-refractivity contribution is -0.254. The number of aryl methyl sites for hydroxylation is 1. The Hall–Kier alpha value is -1.03. The molecule has 0 aromatic carbocycles. The van der Waals surface area contributed by atoms with E-state index in [0.717, 1.165) is 11.3 Å². The van der Waals surface area contributed by atoms with E-state index in [2.05, 4.69) is 0 Å². The number of carbonyl (C=O) groups is 1. The van der Waals surface area contributed by atoms with Crippen molar-refractivity contribution < 1.29 is 9.90 Å². The van der Waals surface area contributed by atoms with Crippen molar-refractivity contribution in [1.82, 2.24) is 0 Å². The molecule has 0 aliphatic heterocycles. The molecule has 0 atom stereocenters. The standard InChI is InChI=1S/C7H9NO2S/c1-2-4-3-5(7(9)10)6(8)11-4/h3H,2,8H2,1H3,(H,9,10)/p-1. The normalized spacial score (nSPS) is 9.91. The Morgan fingerprint density at radius 1 is 1.82 bits per heavy atom. The first kappa shape index (κ1) is 8.07. The molecule has 0 fully saturated rings. The van der Waals surface area contributed by atoms with Gasteiger partial charge < -0.3 is 15.6 Å². The number of anilines is 1. The molecule has 0 saturated heterocycles.